The molecule has 0 radical (unpaired) electrons. The fourth-order valence-electron chi connectivity index (χ4n) is 4.86. The number of aliphatic hydroxyl groups is 2. The molecule has 0 aromatic carbocycles. The van der Waals surface area contributed by atoms with Gasteiger partial charge in [-0.3, -0.25) is 9.59 Å². The Morgan fingerprint density at radius 2 is 1.97 bits per heavy atom. The Kier molecular flexibility index (Phi) is 11.5. The normalized spacial score (nSPS) is 31.0. The number of aromatic nitrogens is 1. The topological polar surface area (TPSA) is 96.7 Å². The monoisotopic (exact) mass is 519 g/mol. The van der Waals surface area contributed by atoms with Crippen molar-refractivity contribution >= 4 is 29.2 Å². The smallest absolute Gasteiger partial charge is 0.309 e. The first-order valence-electron chi connectivity index (χ1n) is 13.2. The molecule has 6 nitrogen and oxygen atoms in total. The zero-order valence-corrected chi connectivity index (χ0v) is 23.9. The second kappa shape index (κ2) is 13.6. The van der Waals surface area contributed by atoms with Crippen LogP contribution in [-0.2, 0) is 14.3 Å². The standard InChI is InChI=1S/C29H45NO5S/c1-8-10-22-12-9-11-18(2)27(33)20(4)28(34)29(6,7)25(31)16-26(32)35-24(14-13-22)19(3)15-23-17-36-21(5)30-23/h13,15,17-18,20,24-25,27,31,33H,8-12,14,16H2,1-7H3/b19-15-,22-13-/t18-,20+,24?,25?,27-/m0/s1. The third kappa shape index (κ3) is 8.35. The number of ketones is 1. The third-order valence-corrected chi connectivity index (χ3v) is 8.27. The van der Waals surface area contributed by atoms with Crippen LogP contribution in [0.5, 0.6) is 0 Å². The summed E-state index contributed by atoms with van der Waals surface area (Å²) in [5.74, 6) is -1.47. The molecule has 0 saturated heterocycles. The van der Waals surface area contributed by atoms with Crippen LogP contribution in [0, 0.1) is 24.2 Å². The Morgan fingerprint density at radius 1 is 1.28 bits per heavy atom. The Hall–Kier alpha value is -1.83. The quantitative estimate of drug-likeness (QED) is 0.371. The molecule has 2 heterocycles. The van der Waals surface area contributed by atoms with Crippen LogP contribution in [-0.4, -0.2) is 45.3 Å². The summed E-state index contributed by atoms with van der Waals surface area (Å²) < 4.78 is 5.89. The van der Waals surface area contributed by atoms with Crippen LogP contribution >= 0.6 is 11.3 Å². The van der Waals surface area contributed by atoms with Gasteiger partial charge in [0.25, 0.3) is 0 Å². The number of hydrogen-bond acceptors (Lipinski definition) is 7. The number of allylic oxidation sites excluding steroid dienone is 1. The van der Waals surface area contributed by atoms with Crippen molar-refractivity contribution in [3.8, 4) is 0 Å². The number of aliphatic hydroxyl groups excluding tert-OH is 2. The highest BCUT2D eigenvalue weighted by atomic mass is 32.1. The first-order chi connectivity index (χ1) is 16.9. The van der Waals surface area contributed by atoms with Crippen LogP contribution in [0.4, 0.5) is 0 Å². The Balaban J connectivity index is 2.39. The number of thiazole rings is 1. The van der Waals surface area contributed by atoms with Gasteiger partial charge in [-0.25, -0.2) is 4.98 Å². The molecule has 1 aliphatic heterocycles. The van der Waals surface area contributed by atoms with E-state index in [2.05, 4.69) is 18.0 Å². The van der Waals surface area contributed by atoms with Gasteiger partial charge in [-0.15, -0.1) is 11.3 Å². The van der Waals surface area contributed by atoms with E-state index in [1.54, 1.807) is 32.1 Å². The number of carbonyl (C=O) groups is 2. The second-order valence-electron chi connectivity index (χ2n) is 11.0. The Morgan fingerprint density at radius 3 is 2.58 bits per heavy atom. The molecular weight excluding hydrogens is 474 g/mol. The molecule has 2 N–H and O–H groups in total. The zero-order valence-electron chi connectivity index (χ0n) is 23.0. The van der Waals surface area contributed by atoms with E-state index < -0.39 is 35.6 Å². The highest BCUT2D eigenvalue weighted by Crippen LogP contribution is 2.32. The van der Waals surface area contributed by atoms with E-state index in [9.17, 15) is 19.8 Å². The molecule has 7 heteroatoms. The molecule has 0 bridgehead atoms. The molecule has 2 unspecified atom stereocenters. The summed E-state index contributed by atoms with van der Waals surface area (Å²) in [5.41, 5.74) is 1.85. The predicted octanol–water partition coefficient (Wildman–Crippen LogP) is 6.05. The molecular formula is C29H45NO5S. The molecule has 1 aliphatic rings. The van der Waals surface area contributed by atoms with Gasteiger partial charge in [0, 0.05) is 17.7 Å². The van der Waals surface area contributed by atoms with Gasteiger partial charge in [0.2, 0.25) is 0 Å². The van der Waals surface area contributed by atoms with Gasteiger partial charge in [-0.2, -0.15) is 0 Å². The molecule has 1 aromatic heterocycles. The van der Waals surface area contributed by atoms with E-state index in [1.165, 1.54) is 5.57 Å². The maximum absolute atomic E-state index is 13.3. The van der Waals surface area contributed by atoms with E-state index in [1.807, 2.05) is 32.2 Å². The summed E-state index contributed by atoms with van der Waals surface area (Å²) in [6.45, 7) is 13.0. The minimum absolute atomic E-state index is 0.0443. The lowest BCUT2D eigenvalue weighted by atomic mass is 9.73. The minimum atomic E-state index is -1.22. The van der Waals surface area contributed by atoms with Gasteiger partial charge in [-0.1, -0.05) is 52.7 Å². The molecule has 2 rings (SSSR count). The summed E-state index contributed by atoms with van der Waals surface area (Å²) in [5, 5.41) is 24.7. The van der Waals surface area contributed by atoms with Crippen LogP contribution < -0.4 is 0 Å². The number of Topliss-reactive ketones (excluding diaryl/α,β-unsaturated/α-hetero) is 1. The molecule has 0 fully saturated rings. The van der Waals surface area contributed by atoms with Crippen molar-refractivity contribution in [3.05, 3.63) is 33.3 Å². The number of hydrogen-bond donors (Lipinski definition) is 2. The van der Waals surface area contributed by atoms with E-state index in [0.29, 0.717) is 6.42 Å². The van der Waals surface area contributed by atoms with Crippen molar-refractivity contribution in [1.29, 1.82) is 0 Å². The van der Waals surface area contributed by atoms with Gasteiger partial charge in [-0.05, 0) is 57.1 Å². The molecule has 1 aromatic rings. The average molecular weight is 520 g/mol. The number of aryl methyl sites for hydroxylation is 1. The lowest BCUT2D eigenvalue weighted by Crippen LogP contribution is -2.45. The van der Waals surface area contributed by atoms with Crippen molar-refractivity contribution < 1.29 is 24.5 Å². The molecule has 0 amide bonds. The van der Waals surface area contributed by atoms with E-state index in [0.717, 1.165) is 48.4 Å². The van der Waals surface area contributed by atoms with Gasteiger partial charge >= 0.3 is 5.97 Å². The fourth-order valence-corrected chi connectivity index (χ4v) is 5.43. The number of esters is 1. The number of cyclic esters (lactones) is 1. The summed E-state index contributed by atoms with van der Waals surface area (Å²) in [6, 6.07) is 0. The first kappa shape index (κ1) is 30.4. The van der Waals surface area contributed by atoms with Crippen LogP contribution in [0.15, 0.2) is 22.6 Å². The summed E-state index contributed by atoms with van der Waals surface area (Å²) in [4.78, 5) is 30.7. The van der Waals surface area contributed by atoms with Crippen LogP contribution in [0.1, 0.15) is 97.2 Å². The molecule has 5 atom stereocenters. The zero-order chi connectivity index (χ0) is 27.0. The fraction of sp³-hybridized carbons (Fsp3) is 0.690. The Labute approximate surface area is 220 Å². The number of rotatable bonds is 4. The van der Waals surface area contributed by atoms with Crippen molar-refractivity contribution in [1.82, 2.24) is 4.98 Å². The molecule has 202 valence electrons. The van der Waals surface area contributed by atoms with Gasteiger partial charge in [0.15, 0.2) is 0 Å². The lowest BCUT2D eigenvalue weighted by molar-refractivity contribution is -0.154. The highest BCUT2D eigenvalue weighted by Gasteiger charge is 2.42. The summed E-state index contributed by atoms with van der Waals surface area (Å²) in [6.07, 6.45) is 6.51. The lowest BCUT2D eigenvalue weighted by Gasteiger charge is -2.34. The molecule has 0 saturated carbocycles. The van der Waals surface area contributed by atoms with Crippen LogP contribution in [0.2, 0.25) is 0 Å². The van der Waals surface area contributed by atoms with Crippen molar-refractivity contribution in [2.24, 2.45) is 17.3 Å². The molecule has 0 spiro atoms. The summed E-state index contributed by atoms with van der Waals surface area (Å²) in [7, 11) is 0. The molecule has 36 heavy (non-hydrogen) atoms. The van der Waals surface area contributed by atoms with Gasteiger partial charge < -0.3 is 14.9 Å². The number of ether oxygens (including phenoxy) is 1. The SMILES string of the molecule is CCC/C1=C/CC(/C(C)=C\c2csc(C)n2)OC(=O)CC(O)C(C)(C)C(=O)[C@H](C)[C@@H](O)[C@@H](C)CCC1. The maximum Gasteiger partial charge on any atom is 0.309 e. The first-order valence-corrected chi connectivity index (χ1v) is 14.1. The number of nitrogens with zero attached hydrogens (tertiary/aromatic N) is 1. The molecule has 0 aliphatic carbocycles. The van der Waals surface area contributed by atoms with Gasteiger partial charge in [0.1, 0.15) is 11.9 Å². The predicted molar refractivity (Wildman–Crippen MR) is 146 cm³/mol. The second-order valence-corrected chi connectivity index (χ2v) is 12.0. The van der Waals surface area contributed by atoms with Gasteiger partial charge in [0.05, 0.1) is 34.7 Å². The van der Waals surface area contributed by atoms with E-state index >= 15 is 0 Å². The van der Waals surface area contributed by atoms with Crippen molar-refractivity contribution in [3.63, 3.8) is 0 Å². The number of carbonyl (C=O) groups excluding carboxylic acids is 2. The third-order valence-electron chi connectivity index (χ3n) is 7.48. The maximum atomic E-state index is 13.3. The van der Waals surface area contributed by atoms with E-state index in [-0.39, 0.29) is 18.1 Å². The minimum Gasteiger partial charge on any atom is -0.457 e. The van der Waals surface area contributed by atoms with Crippen molar-refractivity contribution in [2.75, 3.05) is 0 Å². The van der Waals surface area contributed by atoms with Crippen molar-refractivity contribution in [2.45, 2.75) is 112 Å². The summed E-state index contributed by atoms with van der Waals surface area (Å²) >= 11 is 1.57. The highest BCUT2D eigenvalue weighted by molar-refractivity contribution is 7.09. The largest absolute Gasteiger partial charge is 0.457 e. The van der Waals surface area contributed by atoms with Crippen LogP contribution in [0.25, 0.3) is 6.08 Å². The van der Waals surface area contributed by atoms with Crippen LogP contribution in [0.3, 0.4) is 0 Å². The average Bonchev–Trinajstić information content (AvgIpc) is 3.23. The Bertz CT molecular complexity index is 947. The van der Waals surface area contributed by atoms with E-state index in [4.69, 9.17) is 4.74 Å².